The van der Waals surface area contributed by atoms with E-state index in [2.05, 4.69) is 11.8 Å². The maximum atomic E-state index is 12.8. The Bertz CT molecular complexity index is 360. The van der Waals surface area contributed by atoms with E-state index in [-0.39, 0.29) is 5.82 Å². The maximum absolute atomic E-state index is 12.8. The van der Waals surface area contributed by atoms with Crippen LogP contribution in [0.1, 0.15) is 39.0 Å². The predicted octanol–water partition coefficient (Wildman–Crippen LogP) is 3.86. The Kier molecular flexibility index (Phi) is 5.64. The van der Waals surface area contributed by atoms with Crippen molar-refractivity contribution in [2.45, 2.75) is 45.1 Å². The highest BCUT2D eigenvalue weighted by Crippen LogP contribution is 2.22. The van der Waals surface area contributed by atoms with Gasteiger partial charge in [0.05, 0.1) is 0 Å². The van der Waals surface area contributed by atoms with Gasteiger partial charge in [0.1, 0.15) is 18.2 Å². The molecule has 3 heteroatoms. The zero-order valence-electron chi connectivity index (χ0n) is 11.8. The number of hydrogen-bond donors (Lipinski definition) is 0. The SMILES string of the molecule is CCN(CCOc1ccc(F)cc1)C1CCCCC1. The molecule has 1 aliphatic carbocycles. The number of ether oxygens (including phenoxy) is 1. The van der Waals surface area contributed by atoms with Crippen molar-refractivity contribution in [1.29, 1.82) is 0 Å². The highest BCUT2D eigenvalue weighted by molar-refractivity contribution is 5.21. The molecule has 19 heavy (non-hydrogen) atoms. The summed E-state index contributed by atoms with van der Waals surface area (Å²) in [5.41, 5.74) is 0. The van der Waals surface area contributed by atoms with Crippen molar-refractivity contribution < 1.29 is 9.13 Å². The molecule has 0 aliphatic heterocycles. The molecule has 0 amide bonds. The molecule has 0 N–H and O–H groups in total. The van der Waals surface area contributed by atoms with Gasteiger partial charge in [0.15, 0.2) is 0 Å². The number of hydrogen-bond acceptors (Lipinski definition) is 2. The van der Waals surface area contributed by atoms with Gasteiger partial charge in [-0.2, -0.15) is 0 Å². The zero-order valence-corrected chi connectivity index (χ0v) is 11.8. The Morgan fingerprint density at radius 1 is 1.16 bits per heavy atom. The predicted molar refractivity (Wildman–Crippen MR) is 76.0 cm³/mol. The number of nitrogens with zero attached hydrogens (tertiary/aromatic N) is 1. The topological polar surface area (TPSA) is 12.5 Å². The summed E-state index contributed by atoms with van der Waals surface area (Å²) in [5, 5.41) is 0. The molecule has 0 unspecified atom stereocenters. The number of likely N-dealkylation sites (N-methyl/N-ethyl adjacent to an activating group) is 1. The standard InChI is InChI=1S/C16H24FNO/c1-2-18(15-6-4-3-5-7-15)12-13-19-16-10-8-14(17)9-11-16/h8-11,15H,2-7,12-13H2,1H3. The Morgan fingerprint density at radius 3 is 2.47 bits per heavy atom. The van der Waals surface area contributed by atoms with Crippen molar-refractivity contribution in [3.8, 4) is 5.75 Å². The van der Waals surface area contributed by atoms with Crippen LogP contribution in [0.2, 0.25) is 0 Å². The molecule has 106 valence electrons. The summed E-state index contributed by atoms with van der Waals surface area (Å²) in [6, 6.07) is 6.98. The average molecular weight is 265 g/mol. The van der Waals surface area contributed by atoms with Crippen LogP contribution in [0.25, 0.3) is 0 Å². The second-order valence-electron chi connectivity index (χ2n) is 5.22. The van der Waals surface area contributed by atoms with E-state index in [1.165, 1.54) is 44.2 Å². The maximum Gasteiger partial charge on any atom is 0.123 e. The summed E-state index contributed by atoms with van der Waals surface area (Å²) in [4.78, 5) is 2.52. The second kappa shape index (κ2) is 7.49. The van der Waals surface area contributed by atoms with Crippen molar-refractivity contribution >= 4 is 0 Å². The lowest BCUT2D eigenvalue weighted by molar-refractivity contribution is 0.137. The van der Waals surface area contributed by atoms with Crippen molar-refractivity contribution in [1.82, 2.24) is 4.90 Å². The van der Waals surface area contributed by atoms with Crippen LogP contribution in [-0.2, 0) is 0 Å². The third-order valence-electron chi connectivity index (χ3n) is 3.96. The van der Waals surface area contributed by atoms with Gasteiger partial charge in [-0.3, -0.25) is 4.90 Å². The summed E-state index contributed by atoms with van der Waals surface area (Å²) in [5.74, 6) is 0.533. The Balaban J connectivity index is 1.74. The summed E-state index contributed by atoms with van der Waals surface area (Å²) < 4.78 is 18.4. The molecule has 1 saturated carbocycles. The molecule has 0 aromatic heterocycles. The van der Waals surface area contributed by atoms with E-state index in [1.54, 1.807) is 12.1 Å². The fraction of sp³-hybridized carbons (Fsp3) is 0.625. The van der Waals surface area contributed by atoms with Gasteiger partial charge in [-0.15, -0.1) is 0 Å². The van der Waals surface area contributed by atoms with E-state index >= 15 is 0 Å². The first kappa shape index (κ1) is 14.3. The van der Waals surface area contributed by atoms with Crippen LogP contribution in [-0.4, -0.2) is 30.6 Å². The summed E-state index contributed by atoms with van der Waals surface area (Å²) in [7, 11) is 0. The summed E-state index contributed by atoms with van der Waals surface area (Å²) in [6.45, 7) is 4.93. The first-order valence-electron chi connectivity index (χ1n) is 7.42. The first-order chi connectivity index (χ1) is 9.29. The molecule has 1 aromatic carbocycles. The van der Waals surface area contributed by atoms with Crippen molar-refractivity contribution in [3.05, 3.63) is 30.1 Å². The lowest BCUT2D eigenvalue weighted by atomic mass is 9.94. The van der Waals surface area contributed by atoms with E-state index in [1.807, 2.05) is 0 Å². The van der Waals surface area contributed by atoms with Crippen LogP contribution in [0.3, 0.4) is 0 Å². The van der Waals surface area contributed by atoms with E-state index in [9.17, 15) is 4.39 Å². The number of rotatable bonds is 6. The molecule has 1 aromatic rings. The van der Waals surface area contributed by atoms with Gasteiger partial charge in [-0.05, 0) is 43.7 Å². The van der Waals surface area contributed by atoms with Crippen LogP contribution < -0.4 is 4.74 Å². The molecule has 1 fully saturated rings. The van der Waals surface area contributed by atoms with Crippen LogP contribution in [0.5, 0.6) is 5.75 Å². The van der Waals surface area contributed by atoms with Gasteiger partial charge in [-0.25, -0.2) is 4.39 Å². The lowest BCUT2D eigenvalue weighted by Gasteiger charge is -2.33. The van der Waals surface area contributed by atoms with Gasteiger partial charge >= 0.3 is 0 Å². The smallest absolute Gasteiger partial charge is 0.123 e. The minimum atomic E-state index is -0.218. The fourth-order valence-electron chi connectivity index (χ4n) is 2.86. The Labute approximate surface area is 115 Å². The monoisotopic (exact) mass is 265 g/mol. The van der Waals surface area contributed by atoms with Gasteiger partial charge in [0.2, 0.25) is 0 Å². The minimum Gasteiger partial charge on any atom is -0.492 e. The molecule has 0 atom stereocenters. The van der Waals surface area contributed by atoms with Gasteiger partial charge in [-0.1, -0.05) is 26.2 Å². The molecule has 0 bridgehead atoms. The van der Waals surface area contributed by atoms with Crippen molar-refractivity contribution in [2.75, 3.05) is 19.7 Å². The highest BCUT2D eigenvalue weighted by atomic mass is 19.1. The number of benzene rings is 1. The molecule has 2 rings (SSSR count). The average Bonchev–Trinajstić information content (AvgIpc) is 2.46. The van der Waals surface area contributed by atoms with E-state index in [0.717, 1.165) is 24.9 Å². The molecule has 0 saturated heterocycles. The van der Waals surface area contributed by atoms with Gasteiger partial charge in [0, 0.05) is 12.6 Å². The lowest BCUT2D eigenvalue weighted by Crippen LogP contribution is -2.39. The van der Waals surface area contributed by atoms with Crippen molar-refractivity contribution in [3.63, 3.8) is 0 Å². The summed E-state index contributed by atoms with van der Waals surface area (Å²) in [6.07, 6.45) is 6.76. The van der Waals surface area contributed by atoms with Gasteiger partial charge in [0.25, 0.3) is 0 Å². The van der Waals surface area contributed by atoms with E-state index in [4.69, 9.17) is 4.74 Å². The van der Waals surface area contributed by atoms with E-state index < -0.39 is 0 Å². The van der Waals surface area contributed by atoms with Crippen LogP contribution in [0.4, 0.5) is 4.39 Å². The molecule has 2 nitrogen and oxygen atoms in total. The summed E-state index contributed by atoms with van der Waals surface area (Å²) >= 11 is 0. The molecule has 0 heterocycles. The van der Waals surface area contributed by atoms with Crippen LogP contribution in [0.15, 0.2) is 24.3 Å². The van der Waals surface area contributed by atoms with Gasteiger partial charge < -0.3 is 4.74 Å². The molecule has 1 aliphatic rings. The quantitative estimate of drug-likeness (QED) is 0.774. The Hall–Kier alpha value is -1.09. The third kappa shape index (κ3) is 4.50. The Morgan fingerprint density at radius 2 is 1.84 bits per heavy atom. The van der Waals surface area contributed by atoms with E-state index in [0.29, 0.717) is 6.61 Å². The van der Waals surface area contributed by atoms with Crippen LogP contribution >= 0.6 is 0 Å². The normalized spacial score (nSPS) is 16.8. The second-order valence-corrected chi connectivity index (χ2v) is 5.22. The third-order valence-corrected chi connectivity index (χ3v) is 3.96. The molecule has 0 spiro atoms. The van der Waals surface area contributed by atoms with Crippen LogP contribution in [0, 0.1) is 5.82 Å². The minimum absolute atomic E-state index is 0.218. The number of halogens is 1. The molecular formula is C16H24FNO. The highest BCUT2D eigenvalue weighted by Gasteiger charge is 2.19. The van der Waals surface area contributed by atoms with Crippen molar-refractivity contribution in [2.24, 2.45) is 0 Å². The fourth-order valence-corrected chi connectivity index (χ4v) is 2.86. The largest absolute Gasteiger partial charge is 0.492 e. The zero-order chi connectivity index (χ0) is 13.5. The molecular weight excluding hydrogens is 241 g/mol. The first-order valence-corrected chi connectivity index (χ1v) is 7.42. The molecule has 0 radical (unpaired) electrons.